The fourth-order valence-corrected chi connectivity index (χ4v) is 2.42. The second-order valence-electron chi connectivity index (χ2n) is 5.25. The van der Waals surface area contributed by atoms with Crippen LogP contribution in [0.25, 0.3) is 22.9 Å². The number of benzene rings is 1. The van der Waals surface area contributed by atoms with Crippen LogP contribution in [0.1, 0.15) is 0 Å². The number of halogens is 3. The molecule has 0 aliphatic rings. The van der Waals surface area contributed by atoms with E-state index in [1.165, 1.54) is 12.1 Å². The molecule has 8 nitrogen and oxygen atoms in total. The van der Waals surface area contributed by atoms with Gasteiger partial charge < -0.3 is 9.52 Å². The van der Waals surface area contributed by atoms with Gasteiger partial charge in [0, 0.05) is 24.2 Å². The molecule has 1 aromatic carbocycles. The van der Waals surface area contributed by atoms with Gasteiger partial charge in [-0.1, -0.05) is 0 Å². The summed E-state index contributed by atoms with van der Waals surface area (Å²) in [6.07, 6.45) is -0.635. The molecular weight excluding hydrogens is 403 g/mol. The highest BCUT2D eigenvalue weighted by molar-refractivity contribution is 7.90. The molecule has 148 valence electrons. The summed E-state index contributed by atoms with van der Waals surface area (Å²) in [5, 5.41) is 15.0. The number of sulfone groups is 1. The Labute approximate surface area is 156 Å². The maximum atomic E-state index is 11.4. The average Bonchev–Trinajstić information content (AvgIpc) is 3.12. The zero-order valence-electron chi connectivity index (χ0n) is 14.1. The van der Waals surface area contributed by atoms with Crippen molar-refractivity contribution >= 4 is 15.8 Å². The van der Waals surface area contributed by atoms with E-state index in [0.717, 1.165) is 11.8 Å². The molecule has 0 radical (unpaired) electrons. The topological polar surface area (TPSA) is 123 Å². The van der Waals surface area contributed by atoms with Crippen molar-refractivity contribution in [1.29, 1.82) is 0 Å². The minimum absolute atomic E-state index is 0.248. The number of hydrogen-bond acceptors (Lipinski definition) is 7. The van der Waals surface area contributed by atoms with Crippen molar-refractivity contribution in [1.82, 2.24) is 15.2 Å². The minimum Gasteiger partial charge on any atom is -0.475 e. The molecule has 0 amide bonds. The summed E-state index contributed by atoms with van der Waals surface area (Å²) in [6, 6.07) is 9.89. The summed E-state index contributed by atoms with van der Waals surface area (Å²) in [5.74, 6) is -2.06. The van der Waals surface area contributed by atoms with Gasteiger partial charge in [0.05, 0.1) is 10.5 Å². The van der Waals surface area contributed by atoms with Crippen molar-refractivity contribution in [2.45, 2.75) is 11.1 Å². The van der Waals surface area contributed by atoms with Gasteiger partial charge in [0.1, 0.15) is 0 Å². The van der Waals surface area contributed by atoms with Gasteiger partial charge in [0.25, 0.3) is 0 Å². The van der Waals surface area contributed by atoms with Crippen LogP contribution in [0.5, 0.6) is 0 Å². The lowest BCUT2D eigenvalue weighted by atomic mass is 10.2. The molecule has 0 aliphatic heterocycles. The Balaban J connectivity index is 0.000000345. The molecule has 28 heavy (non-hydrogen) atoms. The maximum absolute atomic E-state index is 11.4. The van der Waals surface area contributed by atoms with Gasteiger partial charge in [0.15, 0.2) is 9.84 Å². The van der Waals surface area contributed by atoms with Gasteiger partial charge in [-0.3, -0.25) is 4.98 Å². The third kappa shape index (κ3) is 5.61. The van der Waals surface area contributed by atoms with Crippen LogP contribution in [0.3, 0.4) is 0 Å². The average molecular weight is 415 g/mol. The first-order valence-corrected chi connectivity index (χ1v) is 9.22. The Morgan fingerprint density at radius 1 is 1.04 bits per heavy atom. The molecule has 2 heterocycles. The lowest BCUT2D eigenvalue weighted by molar-refractivity contribution is -0.192. The molecule has 0 unspecified atom stereocenters. The molecule has 0 saturated heterocycles. The second-order valence-corrected chi connectivity index (χ2v) is 7.27. The SMILES string of the molecule is CS(=O)(=O)c1ccc(-c2nnc(-c3cccnc3)o2)cc1.O=C(O)C(F)(F)F. The molecule has 2 aromatic heterocycles. The van der Waals surface area contributed by atoms with Crippen molar-refractivity contribution in [3.05, 3.63) is 48.8 Å². The van der Waals surface area contributed by atoms with Crippen LogP contribution in [-0.4, -0.2) is 47.1 Å². The van der Waals surface area contributed by atoms with Gasteiger partial charge in [0.2, 0.25) is 11.8 Å². The number of carboxylic acid groups (broad SMARTS) is 1. The summed E-state index contributed by atoms with van der Waals surface area (Å²) < 4.78 is 60.1. The molecule has 3 rings (SSSR count). The highest BCUT2D eigenvalue weighted by Crippen LogP contribution is 2.24. The number of hydrogen-bond donors (Lipinski definition) is 1. The van der Waals surface area contributed by atoms with E-state index in [9.17, 15) is 21.6 Å². The maximum Gasteiger partial charge on any atom is 0.490 e. The van der Waals surface area contributed by atoms with E-state index in [-0.39, 0.29) is 4.90 Å². The Morgan fingerprint density at radius 2 is 1.57 bits per heavy atom. The molecule has 0 spiro atoms. The zero-order chi connectivity index (χ0) is 20.9. The first-order chi connectivity index (χ1) is 13.0. The number of aromatic nitrogens is 3. The van der Waals surface area contributed by atoms with Crippen LogP contribution in [0.4, 0.5) is 13.2 Å². The molecule has 0 aliphatic carbocycles. The van der Waals surface area contributed by atoms with Crippen molar-refractivity contribution in [3.63, 3.8) is 0 Å². The first kappa shape index (κ1) is 21.0. The van der Waals surface area contributed by atoms with Gasteiger partial charge in [-0.15, -0.1) is 10.2 Å². The predicted octanol–water partition coefficient (Wildman–Crippen LogP) is 2.84. The van der Waals surface area contributed by atoms with Gasteiger partial charge in [-0.25, -0.2) is 13.2 Å². The third-order valence-electron chi connectivity index (χ3n) is 3.11. The lowest BCUT2D eigenvalue weighted by Gasteiger charge is -1.99. The largest absolute Gasteiger partial charge is 0.490 e. The number of carboxylic acids is 1. The van der Waals surface area contributed by atoms with E-state index in [1.807, 2.05) is 6.07 Å². The van der Waals surface area contributed by atoms with Crippen LogP contribution in [0.15, 0.2) is 58.1 Å². The summed E-state index contributed by atoms with van der Waals surface area (Å²) in [6.45, 7) is 0. The predicted molar refractivity (Wildman–Crippen MR) is 89.8 cm³/mol. The summed E-state index contributed by atoms with van der Waals surface area (Å²) in [4.78, 5) is 13.1. The van der Waals surface area contributed by atoms with Gasteiger partial charge in [-0.05, 0) is 36.4 Å². The van der Waals surface area contributed by atoms with Crippen LogP contribution >= 0.6 is 0 Å². The lowest BCUT2D eigenvalue weighted by Crippen LogP contribution is -2.21. The van der Waals surface area contributed by atoms with Gasteiger partial charge >= 0.3 is 12.1 Å². The van der Waals surface area contributed by atoms with Crippen molar-refractivity contribution in [2.24, 2.45) is 0 Å². The Morgan fingerprint density at radius 3 is 2.00 bits per heavy atom. The van der Waals surface area contributed by atoms with Crippen LogP contribution in [0.2, 0.25) is 0 Å². The van der Waals surface area contributed by atoms with Crippen LogP contribution < -0.4 is 0 Å². The first-order valence-electron chi connectivity index (χ1n) is 7.33. The van der Waals surface area contributed by atoms with E-state index in [0.29, 0.717) is 17.3 Å². The monoisotopic (exact) mass is 415 g/mol. The molecule has 3 aromatic rings. The van der Waals surface area contributed by atoms with Crippen LogP contribution in [0, 0.1) is 0 Å². The second kappa shape index (κ2) is 8.17. The van der Waals surface area contributed by atoms with Crippen molar-refractivity contribution < 1.29 is 35.9 Å². The smallest absolute Gasteiger partial charge is 0.475 e. The summed E-state index contributed by atoms with van der Waals surface area (Å²) in [7, 11) is -3.21. The Hall–Kier alpha value is -3.28. The standard InChI is InChI=1S/C14H11N3O3S.C2HF3O2/c1-21(18,19)12-6-4-10(5-7-12)13-16-17-14(20-13)11-3-2-8-15-9-11;3-2(4,5)1(6)7/h2-9H,1H3;(H,6,7). The molecule has 0 fully saturated rings. The number of carbonyl (C=O) groups is 1. The van der Waals surface area contributed by atoms with Crippen LogP contribution in [-0.2, 0) is 14.6 Å². The number of rotatable bonds is 3. The minimum atomic E-state index is -5.08. The molecule has 0 atom stereocenters. The molecule has 12 heteroatoms. The third-order valence-corrected chi connectivity index (χ3v) is 4.23. The fraction of sp³-hybridized carbons (Fsp3) is 0.125. The highest BCUT2D eigenvalue weighted by Gasteiger charge is 2.38. The number of pyridine rings is 1. The summed E-state index contributed by atoms with van der Waals surface area (Å²) in [5.41, 5.74) is 1.38. The van der Waals surface area contributed by atoms with E-state index in [1.54, 1.807) is 30.6 Å². The quantitative estimate of drug-likeness (QED) is 0.693. The zero-order valence-corrected chi connectivity index (χ0v) is 14.9. The molecule has 0 saturated carbocycles. The Bertz CT molecular complexity index is 1050. The van der Waals surface area contributed by atoms with Crippen molar-refractivity contribution in [2.75, 3.05) is 6.26 Å². The molecule has 0 bridgehead atoms. The summed E-state index contributed by atoms with van der Waals surface area (Å²) >= 11 is 0. The normalized spacial score (nSPS) is 11.4. The molecular formula is C16H12F3N3O5S. The molecule has 1 N–H and O–H groups in total. The van der Waals surface area contributed by atoms with Gasteiger partial charge in [-0.2, -0.15) is 13.2 Å². The number of nitrogens with zero attached hydrogens (tertiary/aromatic N) is 3. The number of aliphatic carboxylic acids is 1. The van der Waals surface area contributed by atoms with E-state index in [4.69, 9.17) is 14.3 Å². The van der Waals surface area contributed by atoms with Crippen molar-refractivity contribution in [3.8, 4) is 22.9 Å². The highest BCUT2D eigenvalue weighted by atomic mass is 32.2. The van der Waals surface area contributed by atoms with E-state index in [2.05, 4.69) is 15.2 Å². The van der Waals surface area contributed by atoms with E-state index < -0.39 is 22.0 Å². The Kier molecular flexibility index (Phi) is 6.13. The fourth-order valence-electron chi connectivity index (χ4n) is 1.79. The number of alkyl halides is 3. The van der Waals surface area contributed by atoms with E-state index >= 15 is 0 Å².